The maximum absolute atomic E-state index is 12.7. The van der Waals surface area contributed by atoms with Crippen LogP contribution in [0.25, 0.3) is 0 Å². The van der Waals surface area contributed by atoms with Crippen molar-refractivity contribution in [1.82, 2.24) is 15.2 Å². The minimum Gasteiger partial charge on any atom is -0.379 e. The number of nitriles is 1. The van der Waals surface area contributed by atoms with Gasteiger partial charge in [0.1, 0.15) is 11.6 Å². The number of benzene rings is 1. The fourth-order valence-corrected chi connectivity index (χ4v) is 4.18. The van der Waals surface area contributed by atoms with Gasteiger partial charge in [0, 0.05) is 31.7 Å². The van der Waals surface area contributed by atoms with E-state index in [9.17, 15) is 14.9 Å². The Balaban J connectivity index is 1.66. The number of amides is 1. The molecule has 1 saturated heterocycles. The topological polar surface area (TPSA) is 98.2 Å². The van der Waals surface area contributed by atoms with Crippen LogP contribution in [0, 0.1) is 32.1 Å². The highest BCUT2D eigenvalue weighted by Crippen LogP contribution is 2.22. The molecule has 1 atom stereocenters. The normalized spacial score (nSPS) is 15.3. The summed E-state index contributed by atoms with van der Waals surface area (Å²) in [4.78, 5) is 29.6. The standard InChI is InChI=1S/C24H30N4O3/c1-16-5-4-6-19(13-16)22(28-9-11-31-12-10-28)15-26-23(29)8-7-20-17(2)21(14-25)24(30)27-18(20)3/h4-6,13,22H,7-12,15H2,1-3H3,(H,26,29)(H,27,30). The van der Waals surface area contributed by atoms with E-state index in [1.807, 2.05) is 6.07 Å². The molecule has 7 heteroatoms. The first-order chi connectivity index (χ1) is 14.9. The van der Waals surface area contributed by atoms with Crippen LogP contribution >= 0.6 is 0 Å². The van der Waals surface area contributed by atoms with Gasteiger partial charge in [0.05, 0.1) is 19.3 Å². The van der Waals surface area contributed by atoms with Gasteiger partial charge >= 0.3 is 0 Å². The Labute approximate surface area is 183 Å². The van der Waals surface area contributed by atoms with Gasteiger partial charge in [-0.1, -0.05) is 29.8 Å². The molecule has 2 heterocycles. The van der Waals surface area contributed by atoms with E-state index in [0.29, 0.717) is 43.9 Å². The Bertz CT molecular complexity index is 1030. The van der Waals surface area contributed by atoms with E-state index >= 15 is 0 Å². The second kappa shape index (κ2) is 10.4. The van der Waals surface area contributed by atoms with Crippen LogP contribution < -0.4 is 10.9 Å². The zero-order chi connectivity index (χ0) is 22.4. The number of aryl methyl sites for hydroxylation is 2. The number of morpholine rings is 1. The smallest absolute Gasteiger partial charge is 0.266 e. The second-order valence-electron chi connectivity index (χ2n) is 8.05. The summed E-state index contributed by atoms with van der Waals surface area (Å²) in [6, 6.07) is 10.4. The maximum Gasteiger partial charge on any atom is 0.266 e. The number of H-pyrrole nitrogens is 1. The molecule has 0 bridgehead atoms. The number of aromatic nitrogens is 1. The molecule has 0 spiro atoms. The zero-order valence-corrected chi connectivity index (χ0v) is 18.5. The van der Waals surface area contributed by atoms with Crippen molar-refractivity contribution < 1.29 is 9.53 Å². The van der Waals surface area contributed by atoms with Gasteiger partial charge in [-0.2, -0.15) is 5.26 Å². The summed E-state index contributed by atoms with van der Waals surface area (Å²) in [5.74, 6) is -0.0468. The Hall–Kier alpha value is -2.95. The van der Waals surface area contributed by atoms with Crippen LogP contribution in [0.5, 0.6) is 0 Å². The highest BCUT2D eigenvalue weighted by atomic mass is 16.5. The lowest BCUT2D eigenvalue weighted by Crippen LogP contribution is -2.43. The van der Waals surface area contributed by atoms with Crippen LogP contribution in [-0.4, -0.2) is 48.6 Å². The number of hydrogen-bond donors (Lipinski definition) is 2. The molecule has 164 valence electrons. The summed E-state index contributed by atoms with van der Waals surface area (Å²) >= 11 is 0. The van der Waals surface area contributed by atoms with E-state index in [1.165, 1.54) is 11.1 Å². The third kappa shape index (κ3) is 5.60. The van der Waals surface area contributed by atoms with E-state index in [1.54, 1.807) is 13.8 Å². The molecule has 0 saturated carbocycles. The minimum atomic E-state index is -0.378. The summed E-state index contributed by atoms with van der Waals surface area (Å²) in [7, 11) is 0. The number of carbonyl (C=O) groups is 1. The lowest BCUT2D eigenvalue weighted by molar-refractivity contribution is -0.121. The molecule has 1 aromatic carbocycles. The maximum atomic E-state index is 12.7. The average Bonchev–Trinajstić information content (AvgIpc) is 2.74. The number of nitrogens with one attached hydrogen (secondary N) is 2. The fourth-order valence-electron chi connectivity index (χ4n) is 4.18. The number of pyridine rings is 1. The van der Waals surface area contributed by atoms with Crippen molar-refractivity contribution in [1.29, 1.82) is 5.26 Å². The van der Waals surface area contributed by atoms with Crippen molar-refractivity contribution >= 4 is 5.91 Å². The van der Waals surface area contributed by atoms with E-state index in [0.717, 1.165) is 18.7 Å². The predicted molar refractivity (Wildman–Crippen MR) is 119 cm³/mol. The molecular formula is C24H30N4O3. The predicted octanol–water partition coefficient (Wildman–Crippen LogP) is 2.29. The molecular weight excluding hydrogens is 392 g/mol. The molecule has 0 radical (unpaired) electrons. The SMILES string of the molecule is Cc1cccc(C(CNC(=O)CCc2c(C)[nH]c(=O)c(C#N)c2C)N2CCOCC2)c1. The van der Waals surface area contributed by atoms with Crippen molar-refractivity contribution in [2.75, 3.05) is 32.8 Å². The molecule has 1 amide bonds. The van der Waals surface area contributed by atoms with Gasteiger partial charge in [-0.15, -0.1) is 0 Å². The van der Waals surface area contributed by atoms with Crippen LogP contribution in [0.4, 0.5) is 0 Å². The first-order valence-corrected chi connectivity index (χ1v) is 10.7. The van der Waals surface area contributed by atoms with E-state index in [-0.39, 0.29) is 23.1 Å². The van der Waals surface area contributed by atoms with Crippen molar-refractivity contribution in [3.05, 3.63) is 68.1 Å². The molecule has 2 N–H and O–H groups in total. The first-order valence-electron chi connectivity index (χ1n) is 10.7. The highest BCUT2D eigenvalue weighted by Gasteiger charge is 2.23. The number of hydrogen-bond acceptors (Lipinski definition) is 5. The van der Waals surface area contributed by atoms with Crippen LogP contribution in [-0.2, 0) is 16.0 Å². The third-order valence-electron chi connectivity index (χ3n) is 5.93. The van der Waals surface area contributed by atoms with Crippen LogP contribution in [0.3, 0.4) is 0 Å². The number of nitrogens with zero attached hydrogens (tertiary/aromatic N) is 2. The minimum absolute atomic E-state index is 0.0468. The van der Waals surface area contributed by atoms with Crippen molar-refractivity contribution in [2.24, 2.45) is 0 Å². The van der Waals surface area contributed by atoms with Crippen molar-refractivity contribution in [3.63, 3.8) is 0 Å². The van der Waals surface area contributed by atoms with Gasteiger partial charge < -0.3 is 15.0 Å². The third-order valence-corrected chi connectivity index (χ3v) is 5.93. The number of aromatic amines is 1. The largest absolute Gasteiger partial charge is 0.379 e. The molecule has 1 aliphatic heterocycles. The van der Waals surface area contributed by atoms with Gasteiger partial charge in [-0.25, -0.2) is 0 Å². The van der Waals surface area contributed by atoms with Crippen molar-refractivity contribution in [2.45, 2.75) is 39.7 Å². The monoisotopic (exact) mass is 422 g/mol. The number of carbonyl (C=O) groups excluding carboxylic acids is 1. The van der Waals surface area contributed by atoms with E-state index in [4.69, 9.17) is 4.74 Å². The summed E-state index contributed by atoms with van der Waals surface area (Å²) in [5.41, 5.74) is 4.34. The van der Waals surface area contributed by atoms with Crippen LogP contribution in [0.15, 0.2) is 29.1 Å². The summed E-state index contributed by atoms with van der Waals surface area (Å²) in [5, 5.41) is 12.3. The summed E-state index contributed by atoms with van der Waals surface area (Å²) in [6.45, 7) is 9.22. The Morgan fingerprint density at radius 2 is 2.03 bits per heavy atom. The highest BCUT2D eigenvalue weighted by molar-refractivity contribution is 5.76. The van der Waals surface area contributed by atoms with Gasteiger partial charge in [0.25, 0.3) is 5.56 Å². The molecule has 2 aromatic rings. The lowest BCUT2D eigenvalue weighted by Gasteiger charge is -2.35. The Kier molecular flexibility index (Phi) is 7.61. The van der Waals surface area contributed by atoms with Gasteiger partial charge in [-0.3, -0.25) is 14.5 Å². The van der Waals surface area contributed by atoms with Crippen LogP contribution in [0.2, 0.25) is 0 Å². The number of ether oxygens (including phenoxy) is 1. The van der Waals surface area contributed by atoms with Crippen LogP contribution in [0.1, 0.15) is 46.0 Å². The summed E-state index contributed by atoms with van der Waals surface area (Å²) < 4.78 is 5.50. The van der Waals surface area contributed by atoms with Gasteiger partial charge in [0.15, 0.2) is 0 Å². The van der Waals surface area contributed by atoms with E-state index in [2.05, 4.69) is 46.4 Å². The molecule has 31 heavy (non-hydrogen) atoms. The molecule has 3 rings (SSSR count). The second-order valence-corrected chi connectivity index (χ2v) is 8.05. The van der Waals surface area contributed by atoms with Gasteiger partial charge in [0.2, 0.25) is 5.91 Å². The molecule has 1 unspecified atom stereocenters. The molecule has 0 aliphatic carbocycles. The molecule has 1 fully saturated rings. The fraction of sp³-hybridized carbons (Fsp3) is 0.458. The van der Waals surface area contributed by atoms with Gasteiger partial charge in [-0.05, 0) is 43.9 Å². The Morgan fingerprint density at radius 3 is 2.71 bits per heavy atom. The first kappa shape index (κ1) is 22.7. The molecule has 1 aromatic heterocycles. The average molecular weight is 423 g/mol. The zero-order valence-electron chi connectivity index (χ0n) is 18.5. The Morgan fingerprint density at radius 1 is 1.29 bits per heavy atom. The lowest BCUT2D eigenvalue weighted by atomic mass is 9.99. The molecule has 7 nitrogen and oxygen atoms in total. The quantitative estimate of drug-likeness (QED) is 0.713. The number of rotatable bonds is 7. The van der Waals surface area contributed by atoms with Crippen molar-refractivity contribution in [3.8, 4) is 6.07 Å². The molecule has 1 aliphatic rings. The van der Waals surface area contributed by atoms with E-state index < -0.39 is 0 Å². The summed E-state index contributed by atoms with van der Waals surface area (Å²) in [6.07, 6.45) is 0.768.